The molecule has 118 valence electrons. The van der Waals surface area contributed by atoms with E-state index in [1.165, 1.54) is 26.4 Å². The second-order valence-electron chi connectivity index (χ2n) is 5.79. The molecule has 5 nitrogen and oxygen atoms in total. The molecule has 0 radical (unpaired) electrons. The Kier molecular flexibility index (Phi) is 5.82. The van der Waals surface area contributed by atoms with E-state index in [1.54, 1.807) is 6.92 Å². The number of nitrogens with zero attached hydrogens (tertiary/aromatic N) is 1. The fourth-order valence-electron chi connectivity index (χ4n) is 2.94. The summed E-state index contributed by atoms with van der Waals surface area (Å²) < 4.78 is 10.4. The van der Waals surface area contributed by atoms with Gasteiger partial charge < -0.3 is 14.5 Å². The normalized spacial score (nSPS) is 17.1. The predicted molar refractivity (Wildman–Crippen MR) is 81.3 cm³/mol. The zero-order valence-electron chi connectivity index (χ0n) is 13.3. The van der Waals surface area contributed by atoms with Gasteiger partial charge in [-0.15, -0.1) is 0 Å². The SMILES string of the molecule is CNCCC1CCN(Cc2cc(C(=O)OC)c(C)o2)CC1. The average molecular weight is 294 g/mol. The Balaban J connectivity index is 1.85. The van der Waals surface area contributed by atoms with Crippen molar-refractivity contribution in [2.75, 3.05) is 33.8 Å². The molecule has 2 rings (SSSR count). The van der Waals surface area contributed by atoms with E-state index in [9.17, 15) is 4.79 Å². The Hall–Kier alpha value is -1.33. The molecule has 21 heavy (non-hydrogen) atoms. The maximum absolute atomic E-state index is 11.6. The van der Waals surface area contributed by atoms with E-state index in [2.05, 4.69) is 10.2 Å². The maximum Gasteiger partial charge on any atom is 0.341 e. The van der Waals surface area contributed by atoms with E-state index >= 15 is 0 Å². The van der Waals surface area contributed by atoms with Crippen LogP contribution >= 0.6 is 0 Å². The lowest BCUT2D eigenvalue weighted by atomic mass is 9.93. The largest absolute Gasteiger partial charge is 0.465 e. The van der Waals surface area contributed by atoms with Gasteiger partial charge in [0.05, 0.1) is 13.7 Å². The summed E-state index contributed by atoms with van der Waals surface area (Å²) >= 11 is 0. The van der Waals surface area contributed by atoms with E-state index in [0.717, 1.165) is 37.9 Å². The van der Waals surface area contributed by atoms with Crippen molar-refractivity contribution in [3.63, 3.8) is 0 Å². The minimum absolute atomic E-state index is 0.326. The summed E-state index contributed by atoms with van der Waals surface area (Å²) in [5.74, 6) is 1.99. The highest BCUT2D eigenvalue weighted by atomic mass is 16.5. The number of aryl methyl sites for hydroxylation is 1. The van der Waals surface area contributed by atoms with Gasteiger partial charge in [-0.2, -0.15) is 0 Å². The summed E-state index contributed by atoms with van der Waals surface area (Å²) in [6.45, 7) is 5.88. The van der Waals surface area contributed by atoms with Gasteiger partial charge >= 0.3 is 5.97 Å². The molecule has 0 saturated carbocycles. The van der Waals surface area contributed by atoms with E-state index in [1.807, 2.05) is 13.1 Å². The molecule has 1 saturated heterocycles. The molecule has 1 N–H and O–H groups in total. The van der Waals surface area contributed by atoms with Crippen molar-refractivity contribution in [2.24, 2.45) is 5.92 Å². The smallest absolute Gasteiger partial charge is 0.341 e. The van der Waals surface area contributed by atoms with Crippen LogP contribution < -0.4 is 5.32 Å². The number of nitrogens with one attached hydrogen (secondary N) is 1. The number of carbonyl (C=O) groups excluding carboxylic acids is 1. The molecule has 1 fully saturated rings. The van der Waals surface area contributed by atoms with Crippen molar-refractivity contribution in [2.45, 2.75) is 32.7 Å². The lowest BCUT2D eigenvalue weighted by Gasteiger charge is -2.31. The number of carbonyl (C=O) groups is 1. The molecule has 0 atom stereocenters. The molecule has 2 heterocycles. The number of rotatable bonds is 6. The van der Waals surface area contributed by atoms with Gasteiger partial charge in [0.15, 0.2) is 0 Å². The summed E-state index contributed by atoms with van der Waals surface area (Å²) in [4.78, 5) is 14.0. The number of hydrogen-bond acceptors (Lipinski definition) is 5. The second-order valence-corrected chi connectivity index (χ2v) is 5.79. The summed E-state index contributed by atoms with van der Waals surface area (Å²) in [6, 6.07) is 1.81. The molecule has 0 unspecified atom stereocenters. The molecule has 0 aromatic carbocycles. The van der Waals surface area contributed by atoms with Gasteiger partial charge in [0, 0.05) is 0 Å². The lowest BCUT2D eigenvalue weighted by molar-refractivity contribution is 0.0599. The topological polar surface area (TPSA) is 54.7 Å². The molecule has 0 bridgehead atoms. The molecule has 0 amide bonds. The number of esters is 1. The van der Waals surface area contributed by atoms with Gasteiger partial charge in [-0.3, -0.25) is 4.90 Å². The molecule has 1 aromatic heterocycles. The van der Waals surface area contributed by atoms with Crippen LogP contribution in [0, 0.1) is 12.8 Å². The highest BCUT2D eigenvalue weighted by Crippen LogP contribution is 2.23. The quantitative estimate of drug-likeness (QED) is 0.815. The van der Waals surface area contributed by atoms with Crippen LogP contribution in [0.25, 0.3) is 0 Å². The lowest BCUT2D eigenvalue weighted by Crippen LogP contribution is -2.33. The molecular formula is C16H26N2O3. The van der Waals surface area contributed by atoms with Crippen LogP contribution in [0.4, 0.5) is 0 Å². The zero-order chi connectivity index (χ0) is 15.2. The van der Waals surface area contributed by atoms with Gasteiger partial charge in [-0.1, -0.05) is 0 Å². The first-order valence-electron chi connectivity index (χ1n) is 7.68. The van der Waals surface area contributed by atoms with Gasteiger partial charge in [-0.25, -0.2) is 4.79 Å². The van der Waals surface area contributed by atoms with Gasteiger partial charge in [0.25, 0.3) is 0 Å². The first kappa shape index (κ1) is 16.0. The van der Waals surface area contributed by atoms with Crippen LogP contribution in [0.5, 0.6) is 0 Å². The number of piperidine rings is 1. The number of ether oxygens (including phenoxy) is 1. The number of methoxy groups -OCH3 is 1. The fourth-order valence-corrected chi connectivity index (χ4v) is 2.94. The molecule has 1 aliphatic rings. The summed E-state index contributed by atoms with van der Waals surface area (Å²) in [7, 11) is 3.40. The molecule has 5 heteroatoms. The van der Waals surface area contributed by atoms with Crippen molar-refractivity contribution in [3.8, 4) is 0 Å². The van der Waals surface area contributed by atoms with Crippen LogP contribution in [0.3, 0.4) is 0 Å². The highest BCUT2D eigenvalue weighted by molar-refractivity contribution is 5.90. The van der Waals surface area contributed by atoms with Crippen molar-refractivity contribution in [3.05, 3.63) is 23.2 Å². The highest BCUT2D eigenvalue weighted by Gasteiger charge is 2.21. The average Bonchev–Trinajstić information content (AvgIpc) is 2.86. The van der Waals surface area contributed by atoms with Crippen LogP contribution in [-0.4, -0.2) is 44.7 Å². The Morgan fingerprint density at radius 1 is 1.48 bits per heavy atom. The van der Waals surface area contributed by atoms with Gasteiger partial charge in [0.1, 0.15) is 17.1 Å². The Morgan fingerprint density at radius 3 is 2.81 bits per heavy atom. The van der Waals surface area contributed by atoms with Crippen molar-refractivity contribution in [1.82, 2.24) is 10.2 Å². The van der Waals surface area contributed by atoms with E-state index in [4.69, 9.17) is 9.15 Å². The fraction of sp³-hybridized carbons (Fsp3) is 0.688. The van der Waals surface area contributed by atoms with E-state index < -0.39 is 0 Å². The Morgan fingerprint density at radius 2 is 2.19 bits per heavy atom. The monoisotopic (exact) mass is 294 g/mol. The van der Waals surface area contributed by atoms with E-state index in [-0.39, 0.29) is 5.97 Å². The number of furan rings is 1. The first-order valence-corrected chi connectivity index (χ1v) is 7.68. The van der Waals surface area contributed by atoms with Crippen molar-refractivity contribution < 1.29 is 13.9 Å². The van der Waals surface area contributed by atoms with Crippen LogP contribution in [0.1, 0.15) is 41.1 Å². The standard InChI is InChI=1S/C16H26N2O3/c1-12-15(16(19)20-3)10-14(21-12)11-18-8-5-13(6-9-18)4-7-17-2/h10,13,17H,4-9,11H2,1-3H3. The third kappa shape index (κ3) is 4.32. The van der Waals surface area contributed by atoms with Crippen molar-refractivity contribution in [1.29, 1.82) is 0 Å². The van der Waals surface area contributed by atoms with Gasteiger partial charge in [0.2, 0.25) is 0 Å². The predicted octanol–water partition coefficient (Wildman–Crippen LogP) is 2.20. The second kappa shape index (κ2) is 7.61. The number of likely N-dealkylation sites (tertiary alicyclic amines) is 1. The number of hydrogen-bond donors (Lipinski definition) is 1. The molecule has 1 aromatic rings. The minimum Gasteiger partial charge on any atom is -0.465 e. The van der Waals surface area contributed by atoms with E-state index in [0.29, 0.717) is 11.3 Å². The summed E-state index contributed by atoms with van der Waals surface area (Å²) in [6.07, 6.45) is 3.74. The summed E-state index contributed by atoms with van der Waals surface area (Å²) in [5.41, 5.74) is 0.538. The van der Waals surface area contributed by atoms with Crippen molar-refractivity contribution >= 4 is 5.97 Å². The zero-order valence-corrected chi connectivity index (χ0v) is 13.3. The first-order chi connectivity index (χ1) is 10.1. The van der Waals surface area contributed by atoms with Gasteiger partial charge in [-0.05, 0) is 64.9 Å². The minimum atomic E-state index is -0.326. The molecule has 0 spiro atoms. The molecule has 1 aliphatic heterocycles. The molecular weight excluding hydrogens is 268 g/mol. The Labute approximate surface area is 126 Å². The third-order valence-electron chi connectivity index (χ3n) is 4.26. The van der Waals surface area contributed by atoms with Crippen LogP contribution in [0.2, 0.25) is 0 Å². The molecule has 0 aliphatic carbocycles. The summed E-state index contributed by atoms with van der Waals surface area (Å²) in [5, 5.41) is 3.22. The van der Waals surface area contributed by atoms with Crippen LogP contribution in [-0.2, 0) is 11.3 Å². The maximum atomic E-state index is 11.6. The third-order valence-corrected chi connectivity index (χ3v) is 4.26. The van der Waals surface area contributed by atoms with Crippen LogP contribution in [0.15, 0.2) is 10.5 Å². The Bertz CT molecular complexity index is 462.